The molecule has 0 atom stereocenters. The van der Waals surface area contributed by atoms with Crippen LogP contribution in [0.15, 0.2) is 42.7 Å². The van der Waals surface area contributed by atoms with E-state index in [2.05, 4.69) is 53.9 Å². The van der Waals surface area contributed by atoms with Crippen LogP contribution in [-0.4, -0.2) is 9.55 Å². The summed E-state index contributed by atoms with van der Waals surface area (Å²) in [4.78, 5) is 4.29. The maximum Gasteiger partial charge on any atom is 0.0528 e. The average Bonchev–Trinajstić information content (AvgIpc) is 2.82. The predicted molar refractivity (Wildman–Crippen MR) is 88.4 cm³/mol. The van der Waals surface area contributed by atoms with Crippen molar-refractivity contribution in [1.29, 1.82) is 0 Å². The highest BCUT2D eigenvalue weighted by Crippen LogP contribution is 2.37. The Labute approximate surface area is 123 Å². The highest BCUT2D eigenvalue weighted by atomic mass is 14.9. The van der Waals surface area contributed by atoms with E-state index in [4.69, 9.17) is 5.73 Å². The van der Waals surface area contributed by atoms with Crippen LogP contribution in [0.25, 0.3) is 32.6 Å². The predicted octanol–water partition coefficient (Wildman–Crippen LogP) is 3.65. The summed E-state index contributed by atoms with van der Waals surface area (Å²) < 4.78 is 2.28. The van der Waals surface area contributed by atoms with Crippen molar-refractivity contribution < 1.29 is 0 Å². The van der Waals surface area contributed by atoms with Crippen molar-refractivity contribution in [2.24, 2.45) is 12.8 Å². The second-order valence-electron chi connectivity index (χ2n) is 5.53. The smallest absolute Gasteiger partial charge is 0.0528 e. The Balaban J connectivity index is 2.42. The number of para-hydroxylation sites is 1. The molecule has 0 aliphatic carbocycles. The summed E-state index contributed by atoms with van der Waals surface area (Å²) in [6, 6.07) is 10.6. The van der Waals surface area contributed by atoms with Crippen LogP contribution in [0.2, 0.25) is 0 Å². The van der Waals surface area contributed by atoms with Gasteiger partial charge in [0.05, 0.1) is 5.52 Å². The third-order valence-corrected chi connectivity index (χ3v) is 4.52. The molecule has 0 saturated heterocycles. The number of nitrogens with two attached hydrogens (primary N) is 1. The van der Waals surface area contributed by atoms with Gasteiger partial charge in [0.25, 0.3) is 0 Å². The summed E-state index contributed by atoms with van der Waals surface area (Å²) in [6.45, 7) is 2.71. The van der Waals surface area contributed by atoms with Gasteiger partial charge in [-0.3, -0.25) is 4.98 Å². The second kappa shape index (κ2) is 4.30. The minimum absolute atomic E-state index is 0.521. The largest absolute Gasteiger partial charge is 0.343 e. The van der Waals surface area contributed by atoms with E-state index in [9.17, 15) is 0 Å². The molecule has 0 amide bonds. The zero-order valence-corrected chi connectivity index (χ0v) is 12.2. The van der Waals surface area contributed by atoms with Crippen molar-refractivity contribution in [3.63, 3.8) is 0 Å². The van der Waals surface area contributed by atoms with Crippen molar-refractivity contribution in [2.75, 3.05) is 0 Å². The van der Waals surface area contributed by atoms with Gasteiger partial charge in [-0.05, 0) is 35.6 Å². The first-order valence-electron chi connectivity index (χ1n) is 7.16. The molecule has 0 fully saturated rings. The first kappa shape index (κ1) is 12.4. The van der Waals surface area contributed by atoms with E-state index >= 15 is 0 Å². The summed E-state index contributed by atoms with van der Waals surface area (Å²) in [5.41, 5.74) is 11.1. The zero-order valence-electron chi connectivity index (χ0n) is 12.2. The topological polar surface area (TPSA) is 43.8 Å². The molecule has 0 bridgehead atoms. The molecule has 2 N–H and O–H groups in total. The van der Waals surface area contributed by atoms with E-state index in [1.54, 1.807) is 0 Å². The number of hydrogen-bond donors (Lipinski definition) is 1. The van der Waals surface area contributed by atoms with Crippen molar-refractivity contribution in [3.05, 3.63) is 53.9 Å². The first-order valence-corrected chi connectivity index (χ1v) is 7.16. The third-order valence-electron chi connectivity index (χ3n) is 4.52. The lowest BCUT2D eigenvalue weighted by atomic mass is 9.96. The van der Waals surface area contributed by atoms with Gasteiger partial charge in [-0.2, -0.15) is 0 Å². The fraction of sp³-hybridized carbons (Fsp3) is 0.167. The highest BCUT2D eigenvalue weighted by molar-refractivity contribution is 6.16. The Bertz CT molecular complexity index is 996. The minimum Gasteiger partial charge on any atom is -0.343 e. The molecule has 0 radical (unpaired) electrons. The summed E-state index contributed by atoms with van der Waals surface area (Å²) >= 11 is 0. The van der Waals surface area contributed by atoms with Crippen molar-refractivity contribution in [2.45, 2.75) is 13.5 Å². The van der Waals surface area contributed by atoms with Crippen molar-refractivity contribution in [1.82, 2.24) is 9.55 Å². The Kier molecular flexibility index (Phi) is 2.53. The Morgan fingerprint density at radius 1 is 1.10 bits per heavy atom. The number of nitrogens with zero attached hydrogens (tertiary/aromatic N) is 2. The molecule has 3 nitrogen and oxygen atoms in total. The van der Waals surface area contributed by atoms with E-state index in [0.717, 1.165) is 0 Å². The fourth-order valence-corrected chi connectivity index (χ4v) is 3.57. The number of aryl methyl sites for hydroxylation is 2. The average molecular weight is 275 g/mol. The molecule has 4 rings (SSSR count). The van der Waals surface area contributed by atoms with Crippen LogP contribution in [0.5, 0.6) is 0 Å². The maximum atomic E-state index is 6.10. The van der Waals surface area contributed by atoms with Gasteiger partial charge >= 0.3 is 0 Å². The van der Waals surface area contributed by atoms with E-state index in [0.29, 0.717) is 6.54 Å². The van der Waals surface area contributed by atoms with E-state index in [1.807, 2.05) is 12.4 Å². The molecule has 0 aliphatic heterocycles. The summed E-state index contributed by atoms with van der Waals surface area (Å²) in [5, 5.41) is 4.95. The maximum absolute atomic E-state index is 6.10. The third kappa shape index (κ3) is 1.49. The van der Waals surface area contributed by atoms with Gasteiger partial charge in [0.1, 0.15) is 0 Å². The van der Waals surface area contributed by atoms with Gasteiger partial charge in [0, 0.05) is 47.7 Å². The number of rotatable bonds is 1. The van der Waals surface area contributed by atoms with E-state index in [1.165, 1.54) is 43.7 Å². The Morgan fingerprint density at radius 3 is 2.71 bits per heavy atom. The highest BCUT2D eigenvalue weighted by Gasteiger charge is 2.17. The number of benzene rings is 2. The van der Waals surface area contributed by atoms with Crippen molar-refractivity contribution in [3.8, 4) is 0 Å². The van der Waals surface area contributed by atoms with Crippen LogP contribution in [0.1, 0.15) is 11.1 Å². The molecule has 2 heterocycles. The van der Waals surface area contributed by atoms with Crippen LogP contribution in [0, 0.1) is 6.92 Å². The zero-order chi connectivity index (χ0) is 14.6. The molecule has 3 heteroatoms. The number of aromatic nitrogens is 2. The van der Waals surface area contributed by atoms with Crippen LogP contribution in [-0.2, 0) is 13.6 Å². The number of fused-ring (bicyclic) bond motifs is 4. The molecule has 0 unspecified atom stereocenters. The lowest BCUT2D eigenvalue weighted by molar-refractivity contribution is 1.01. The van der Waals surface area contributed by atoms with Crippen LogP contribution in [0.3, 0.4) is 0 Å². The van der Waals surface area contributed by atoms with E-state index in [-0.39, 0.29) is 0 Å². The van der Waals surface area contributed by atoms with Gasteiger partial charge in [-0.15, -0.1) is 0 Å². The number of pyridine rings is 1. The van der Waals surface area contributed by atoms with Crippen molar-refractivity contribution >= 4 is 32.6 Å². The van der Waals surface area contributed by atoms with Gasteiger partial charge in [0.2, 0.25) is 0 Å². The van der Waals surface area contributed by atoms with Gasteiger partial charge in [-0.25, -0.2) is 0 Å². The fourth-order valence-electron chi connectivity index (χ4n) is 3.57. The molecular formula is C18H17N3. The monoisotopic (exact) mass is 275 g/mol. The van der Waals surface area contributed by atoms with Gasteiger partial charge in [0.15, 0.2) is 0 Å². The number of hydrogen-bond acceptors (Lipinski definition) is 2. The Morgan fingerprint density at radius 2 is 1.90 bits per heavy atom. The molecule has 2 aromatic carbocycles. The molecule has 0 saturated carbocycles. The minimum atomic E-state index is 0.521. The molecule has 0 spiro atoms. The molecule has 2 aromatic heterocycles. The second-order valence-corrected chi connectivity index (χ2v) is 5.53. The lowest BCUT2D eigenvalue weighted by Crippen LogP contribution is -2.01. The molecule has 4 aromatic rings. The van der Waals surface area contributed by atoms with Gasteiger partial charge < -0.3 is 10.3 Å². The summed E-state index contributed by atoms with van der Waals surface area (Å²) in [6.07, 6.45) is 3.79. The normalized spacial score (nSPS) is 11.8. The van der Waals surface area contributed by atoms with E-state index < -0.39 is 0 Å². The first-order chi connectivity index (χ1) is 10.2. The quantitative estimate of drug-likeness (QED) is 0.576. The van der Waals surface area contributed by atoms with Crippen LogP contribution < -0.4 is 5.73 Å². The molecular weight excluding hydrogens is 258 g/mol. The van der Waals surface area contributed by atoms with Gasteiger partial charge in [-0.1, -0.05) is 18.2 Å². The molecule has 21 heavy (non-hydrogen) atoms. The summed E-state index contributed by atoms with van der Waals surface area (Å²) in [5.74, 6) is 0. The SMILES string of the molecule is Cc1c2ccncc2c(CN)c2c3ccccc3n(C)c12. The van der Waals surface area contributed by atoms with Crippen LogP contribution in [0.4, 0.5) is 0 Å². The summed E-state index contributed by atoms with van der Waals surface area (Å²) in [7, 11) is 2.13. The standard InChI is InChI=1S/C18H17N3/c1-11-12-7-8-20-10-15(12)14(9-19)17-13-5-3-4-6-16(13)21(2)18(11)17/h3-8,10H,9,19H2,1-2H3. The Hall–Kier alpha value is -2.39. The lowest BCUT2D eigenvalue weighted by Gasteiger charge is -2.11. The molecule has 104 valence electrons. The molecule has 0 aliphatic rings. The van der Waals surface area contributed by atoms with Crippen LogP contribution >= 0.6 is 0 Å².